The summed E-state index contributed by atoms with van der Waals surface area (Å²) in [6.07, 6.45) is 1.34. The molecule has 0 amide bonds. The molecule has 7 heteroatoms. The molecule has 0 saturated carbocycles. The highest BCUT2D eigenvalue weighted by molar-refractivity contribution is 7.91. The van der Waals surface area contributed by atoms with Gasteiger partial charge in [0.2, 0.25) is 9.84 Å². The number of hydrogen-bond acceptors (Lipinski definition) is 5. The van der Waals surface area contributed by atoms with Crippen LogP contribution in [0.2, 0.25) is 0 Å². The van der Waals surface area contributed by atoms with Gasteiger partial charge in [-0.25, -0.2) is 12.8 Å². The Hall–Kier alpha value is -2.51. The summed E-state index contributed by atoms with van der Waals surface area (Å²) in [5.74, 6) is 0.114. The van der Waals surface area contributed by atoms with Gasteiger partial charge >= 0.3 is 0 Å². The number of sulfone groups is 1. The zero-order valence-corrected chi connectivity index (χ0v) is 15.3. The summed E-state index contributed by atoms with van der Waals surface area (Å²) >= 11 is 0. The number of benzene rings is 2. The molecular weight excluding hydrogens is 365 g/mol. The van der Waals surface area contributed by atoms with Crippen LogP contribution in [0.25, 0.3) is 10.9 Å². The van der Waals surface area contributed by atoms with E-state index in [9.17, 15) is 12.8 Å². The number of anilines is 1. The smallest absolute Gasteiger partial charge is 0.208 e. The minimum absolute atomic E-state index is 0.0676. The molecule has 27 heavy (non-hydrogen) atoms. The first-order valence-electron chi connectivity index (χ1n) is 8.89. The Morgan fingerprint density at radius 1 is 1.07 bits per heavy atom. The van der Waals surface area contributed by atoms with Crippen molar-refractivity contribution >= 4 is 26.4 Å². The van der Waals surface area contributed by atoms with Gasteiger partial charge in [0.25, 0.3) is 0 Å². The molecule has 2 aliphatic heterocycles. The Balaban J connectivity index is 1.54. The number of rotatable bonds is 3. The number of hydrogen-bond donors (Lipinski definition) is 1. The highest BCUT2D eigenvalue weighted by atomic mass is 32.2. The average molecular weight is 383 g/mol. The van der Waals surface area contributed by atoms with E-state index in [1.807, 2.05) is 18.2 Å². The second kappa shape index (κ2) is 6.00. The molecular formula is C20H18FN3O2S. The van der Waals surface area contributed by atoms with E-state index in [2.05, 4.69) is 15.2 Å². The number of nitrogens with one attached hydrogen (secondary N) is 1. The molecule has 2 saturated heterocycles. The predicted molar refractivity (Wildman–Crippen MR) is 101 cm³/mol. The van der Waals surface area contributed by atoms with Crippen LogP contribution in [0.3, 0.4) is 0 Å². The molecule has 5 nitrogen and oxygen atoms in total. The van der Waals surface area contributed by atoms with Crippen molar-refractivity contribution in [2.75, 3.05) is 24.5 Å². The van der Waals surface area contributed by atoms with Gasteiger partial charge in [-0.1, -0.05) is 6.07 Å². The van der Waals surface area contributed by atoms with E-state index in [0.717, 1.165) is 42.3 Å². The highest BCUT2D eigenvalue weighted by Crippen LogP contribution is 2.31. The summed E-state index contributed by atoms with van der Waals surface area (Å²) in [7, 11) is -3.82. The van der Waals surface area contributed by atoms with Crippen molar-refractivity contribution in [3.8, 4) is 0 Å². The molecule has 0 bridgehead atoms. The monoisotopic (exact) mass is 383 g/mol. The third kappa shape index (κ3) is 2.78. The van der Waals surface area contributed by atoms with Crippen molar-refractivity contribution in [3.63, 3.8) is 0 Å². The molecule has 0 aliphatic carbocycles. The fourth-order valence-electron chi connectivity index (χ4n) is 3.88. The molecule has 2 atom stereocenters. The van der Waals surface area contributed by atoms with Crippen LogP contribution in [0, 0.1) is 11.7 Å². The molecule has 1 N–H and O–H groups in total. The van der Waals surface area contributed by atoms with Gasteiger partial charge in [-0.2, -0.15) is 0 Å². The molecule has 0 radical (unpaired) electrons. The summed E-state index contributed by atoms with van der Waals surface area (Å²) in [5, 5.41) is 4.19. The third-order valence-electron chi connectivity index (χ3n) is 5.50. The average Bonchev–Trinajstić information content (AvgIpc) is 2.95. The first-order chi connectivity index (χ1) is 13.0. The largest absolute Gasteiger partial charge is 0.370 e. The lowest BCUT2D eigenvalue weighted by Gasteiger charge is -2.29. The first kappa shape index (κ1) is 16.6. The number of aromatic nitrogens is 1. The quantitative estimate of drug-likeness (QED) is 0.753. The number of halogens is 1. The lowest BCUT2D eigenvalue weighted by molar-refractivity contribution is 0.297. The number of nitrogens with zero attached hydrogens (tertiary/aromatic N) is 2. The van der Waals surface area contributed by atoms with Crippen molar-refractivity contribution in [1.82, 2.24) is 10.3 Å². The normalized spacial score (nSPS) is 21.9. The van der Waals surface area contributed by atoms with Crippen LogP contribution >= 0.6 is 0 Å². The van der Waals surface area contributed by atoms with Crippen LogP contribution in [0.5, 0.6) is 0 Å². The topological polar surface area (TPSA) is 62.3 Å². The number of pyridine rings is 1. The minimum atomic E-state index is -3.82. The van der Waals surface area contributed by atoms with E-state index in [-0.39, 0.29) is 9.79 Å². The summed E-state index contributed by atoms with van der Waals surface area (Å²) < 4.78 is 39.1. The van der Waals surface area contributed by atoms with Crippen molar-refractivity contribution in [1.29, 1.82) is 0 Å². The van der Waals surface area contributed by atoms with Gasteiger partial charge in [-0.3, -0.25) is 4.98 Å². The van der Waals surface area contributed by atoms with E-state index in [4.69, 9.17) is 0 Å². The molecule has 2 aliphatic rings. The van der Waals surface area contributed by atoms with Gasteiger partial charge in [-0.15, -0.1) is 0 Å². The van der Waals surface area contributed by atoms with Crippen LogP contribution in [0.15, 0.2) is 64.5 Å². The van der Waals surface area contributed by atoms with Crippen molar-refractivity contribution in [3.05, 3.63) is 60.5 Å². The Kier molecular flexibility index (Phi) is 3.70. The molecule has 2 aromatic carbocycles. The molecule has 138 valence electrons. The zero-order chi connectivity index (χ0) is 18.6. The Morgan fingerprint density at radius 3 is 2.67 bits per heavy atom. The standard InChI is InChI=1S/C20H18FN3O2S/c21-15-2-1-3-17(8-15)27(25,26)18-7-13-6-16(4-5-19(13)23-10-18)24-11-14-9-22-20(14)12-24/h1-8,10,14,20,22H,9,11-12H2. The van der Waals surface area contributed by atoms with Crippen molar-refractivity contribution in [2.45, 2.75) is 15.8 Å². The van der Waals surface area contributed by atoms with Crippen LogP contribution in [0.4, 0.5) is 10.1 Å². The van der Waals surface area contributed by atoms with Gasteiger partial charge in [0.05, 0.1) is 15.3 Å². The SMILES string of the molecule is O=S(=O)(c1cccc(F)c1)c1cnc2ccc(N3CC4CNC4C3)cc2c1. The summed E-state index contributed by atoms with van der Waals surface area (Å²) in [4.78, 5) is 6.63. The summed E-state index contributed by atoms with van der Waals surface area (Å²) in [5.41, 5.74) is 1.80. The van der Waals surface area contributed by atoms with Crippen molar-refractivity contribution < 1.29 is 12.8 Å². The van der Waals surface area contributed by atoms with E-state index in [1.165, 1.54) is 24.4 Å². The summed E-state index contributed by atoms with van der Waals surface area (Å²) in [6.45, 7) is 3.04. The van der Waals surface area contributed by atoms with Crippen LogP contribution in [0.1, 0.15) is 0 Å². The molecule has 1 aromatic heterocycles. The van der Waals surface area contributed by atoms with Gasteiger partial charge in [0.15, 0.2) is 0 Å². The van der Waals surface area contributed by atoms with Crippen LogP contribution in [-0.2, 0) is 9.84 Å². The molecule has 3 aromatic rings. The third-order valence-corrected chi connectivity index (χ3v) is 7.22. The maximum absolute atomic E-state index is 13.5. The summed E-state index contributed by atoms with van der Waals surface area (Å²) in [6, 6.07) is 13.1. The maximum atomic E-state index is 13.5. The lowest BCUT2D eigenvalue weighted by Crippen LogP contribution is -2.51. The van der Waals surface area contributed by atoms with E-state index in [1.54, 1.807) is 6.07 Å². The van der Waals surface area contributed by atoms with Crippen molar-refractivity contribution in [2.24, 2.45) is 5.92 Å². The second-order valence-electron chi connectivity index (χ2n) is 7.19. The van der Waals surface area contributed by atoms with Gasteiger partial charge < -0.3 is 10.2 Å². The Bertz CT molecular complexity index is 1140. The van der Waals surface area contributed by atoms with Gasteiger partial charge in [-0.05, 0) is 42.5 Å². The molecule has 2 unspecified atom stereocenters. The van der Waals surface area contributed by atoms with E-state index < -0.39 is 15.7 Å². The lowest BCUT2D eigenvalue weighted by atomic mass is 9.96. The predicted octanol–water partition coefficient (Wildman–Crippen LogP) is 2.61. The number of fused-ring (bicyclic) bond motifs is 2. The Labute approximate surface area is 156 Å². The minimum Gasteiger partial charge on any atom is -0.370 e. The fraction of sp³-hybridized carbons (Fsp3) is 0.250. The van der Waals surface area contributed by atoms with Crippen LogP contribution in [-0.4, -0.2) is 39.1 Å². The fourth-order valence-corrected chi connectivity index (χ4v) is 5.15. The zero-order valence-electron chi connectivity index (χ0n) is 14.5. The molecule has 3 heterocycles. The van der Waals surface area contributed by atoms with E-state index >= 15 is 0 Å². The second-order valence-corrected chi connectivity index (χ2v) is 9.14. The Morgan fingerprint density at radius 2 is 1.96 bits per heavy atom. The van der Waals surface area contributed by atoms with Gasteiger partial charge in [0, 0.05) is 48.9 Å². The molecule has 2 fully saturated rings. The first-order valence-corrected chi connectivity index (χ1v) is 10.4. The van der Waals surface area contributed by atoms with E-state index in [0.29, 0.717) is 12.0 Å². The highest BCUT2D eigenvalue weighted by Gasteiger charge is 2.39. The van der Waals surface area contributed by atoms with Gasteiger partial charge in [0.1, 0.15) is 5.82 Å². The molecule has 5 rings (SSSR count). The maximum Gasteiger partial charge on any atom is 0.208 e. The van der Waals surface area contributed by atoms with Crippen LogP contribution < -0.4 is 10.2 Å². The molecule has 0 spiro atoms.